The zero-order valence-electron chi connectivity index (χ0n) is 10.8. The van der Waals surface area contributed by atoms with Crippen LogP contribution in [0.3, 0.4) is 0 Å². The van der Waals surface area contributed by atoms with E-state index in [0.29, 0.717) is 6.42 Å². The van der Waals surface area contributed by atoms with Crippen molar-refractivity contribution in [3.05, 3.63) is 0 Å². The van der Waals surface area contributed by atoms with Crippen molar-refractivity contribution in [2.24, 2.45) is 16.6 Å². The van der Waals surface area contributed by atoms with Crippen LogP contribution in [0.15, 0.2) is 0 Å². The van der Waals surface area contributed by atoms with Gasteiger partial charge >= 0.3 is 0 Å². The Labute approximate surface area is 98.5 Å². The van der Waals surface area contributed by atoms with E-state index < -0.39 is 9.84 Å². The first-order chi connectivity index (χ1) is 6.83. The highest BCUT2D eigenvalue weighted by Crippen LogP contribution is 2.36. The third kappa shape index (κ3) is 7.68. The first-order valence-corrected chi connectivity index (χ1v) is 7.35. The number of primary amides is 1. The van der Waals surface area contributed by atoms with Crippen LogP contribution in [0.1, 0.15) is 40.5 Å². The molecule has 2 N–H and O–H groups in total. The maximum Gasteiger partial charge on any atom is 0.217 e. The lowest BCUT2D eigenvalue weighted by atomic mass is 9.74. The van der Waals surface area contributed by atoms with E-state index in [-0.39, 0.29) is 28.9 Å². The summed E-state index contributed by atoms with van der Waals surface area (Å²) < 4.78 is 22.5. The molecule has 0 aromatic heterocycles. The van der Waals surface area contributed by atoms with Crippen LogP contribution in [0.25, 0.3) is 0 Å². The number of rotatable bonds is 6. The van der Waals surface area contributed by atoms with Crippen molar-refractivity contribution in [2.45, 2.75) is 40.5 Å². The summed E-state index contributed by atoms with van der Waals surface area (Å²) in [6.45, 7) is 7.66. The molecule has 4 nitrogen and oxygen atoms in total. The molecule has 0 aliphatic heterocycles. The van der Waals surface area contributed by atoms with Gasteiger partial charge in [-0.05, 0) is 17.3 Å². The van der Waals surface area contributed by atoms with Crippen LogP contribution in [0.4, 0.5) is 0 Å². The molecule has 0 aromatic rings. The second-order valence-electron chi connectivity index (χ2n) is 6.22. The van der Waals surface area contributed by atoms with Crippen molar-refractivity contribution in [2.75, 3.05) is 12.0 Å². The van der Waals surface area contributed by atoms with Gasteiger partial charge in [-0.25, -0.2) is 8.42 Å². The first kappa shape index (κ1) is 15.4. The summed E-state index contributed by atoms with van der Waals surface area (Å²) in [5.74, 6) is -0.220. The fraction of sp³-hybridized carbons (Fsp3) is 0.909. The van der Waals surface area contributed by atoms with Crippen LogP contribution in [0.5, 0.6) is 0 Å². The van der Waals surface area contributed by atoms with Gasteiger partial charge in [0.05, 0.1) is 5.75 Å². The molecular formula is C11H23NO3S. The molecule has 0 radical (unpaired) electrons. The Balaban J connectivity index is 4.63. The Bertz CT molecular complexity index is 355. The second kappa shape index (κ2) is 4.73. The summed E-state index contributed by atoms with van der Waals surface area (Å²) in [7, 11) is -3.00. The van der Waals surface area contributed by atoms with E-state index in [1.165, 1.54) is 6.26 Å². The van der Waals surface area contributed by atoms with Crippen LogP contribution in [0, 0.1) is 10.8 Å². The number of nitrogens with two attached hydrogens (primary N) is 1. The van der Waals surface area contributed by atoms with Gasteiger partial charge in [0.1, 0.15) is 9.84 Å². The molecule has 0 aliphatic rings. The second-order valence-corrected chi connectivity index (χ2v) is 8.36. The lowest BCUT2D eigenvalue weighted by Crippen LogP contribution is -2.32. The quantitative estimate of drug-likeness (QED) is 0.772. The molecule has 0 bridgehead atoms. The van der Waals surface area contributed by atoms with Crippen molar-refractivity contribution >= 4 is 15.7 Å². The standard InChI is InChI=1S/C11H23NO3S/c1-10(2,6-9(12)13)7-11(3,4)8-16(5,14)15/h6-8H2,1-5H3,(H2,12,13). The fourth-order valence-corrected chi connectivity index (χ4v) is 4.11. The smallest absolute Gasteiger partial charge is 0.217 e. The molecule has 16 heavy (non-hydrogen) atoms. The van der Waals surface area contributed by atoms with Crippen molar-refractivity contribution < 1.29 is 13.2 Å². The predicted octanol–water partition coefficient (Wildman–Crippen LogP) is 1.35. The normalized spacial score (nSPS) is 13.8. The van der Waals surface area contributed by atoms with Crippen LogP contribution < -0.4 is 5.73 Å². The fourth-order valence-electron chi connectivity index (χ4n) is 2.59. The number of carbonyl (C=O) groups is 1. The molecule has 0 spiro atoms. The summed E-state index contributed by atoms with van der Waals surface area (Å²) in [4.78, 5) is 10.9. The lowest BCUT2D eigenvalue weighted by molar-refractivity contribution is -0.120. The summed E-state index contributed by atoms with van der Waals surface area (Å²) in [5.41, 5.74) is 4.56. The molecule has 96 valence electrons. The van der Waals surface area contributed by atoms with Crippen molar-refractivity contribution in [1.29, 1.82) is 0 Å². The molecule has 0 rings (SSSR count). The van der Waals surface area contributed by atoms with Gasteiger partial charge in [0.15, 0.2) is 0 Å². The monoisotopic (exact) mass is 249 g/mol. The molecule has 0 heterocycles. The molecule has 0 aromatic carbocycles. The zero-order chi connectivity index (χ0) is 13.2. The first-order valence-electron chi connectivity index (χ1n) is 5.29. The van der Waals surface area contributed by atoms with Crippen LogP contribution in [-0.2, 0) is 14.6 Å². The number of carbonyl (C=O) groups excluding carboxylic acids is 1. The zero-order valence-corrected chi connectivity index (χ0v) is 11.6. The molecule has 0 saturated heterocycles. The van der Waals surface area contributed by atoms with Gasteiger partial charge in [0.25, 0.3) is 0 Å². The van der Waals surface area contributed by atoms with E-state index in [1.807, 2.05) is 27.7 Å². The Hall–Kier alpha value is -0.580. The number of amides is 1. The number of sulfone groups is 1. The molecule has 0 fully saturated rings. The van der Waals surface area contributed by atoms with Gasteiger partial charge in [-0.1, -0.05) is 27.7 Å². The number of hydrogen-bond donors (Lipinski definition) is 1. The Morgan fingerprint density at radius 1 is 1.12 bits per heavy atom. The van der Waals surface area contributed by atoms with Crippen LogP contribution in [0.2, 0.25) is 0 Å². The molecule has 0 aliphatic carbocycles. The summed E-state index contributed by atoms with van der Waals surface area (Å²) in [5, 5.41) is 0. The Morgan fingerprint density at radius 2 is 1.56 bits per heavy atom. The minimum absolute atomic E-state index is 0.127. The largest absolute Gasteiger partial charge is 0.370 e. The topological polar surface area (TPSA) is 77.2 Å². The van der Waals surface area contributed by atoms with E-state index in [9.17, 15) is 13.2 Å². The van der Waals surface area contributed by atoms with Crippen molar-refractivity contribution in [3.8, 4) is 0 Å². The lowest BCUT2D eigenvalue weighted by Gasteiger charge is -2.33. The average molecular weight is 249 g/mol. The predicted molar refractivity (Wildman–Crippen MR) is 65.7 cm³/mol. The summed E-state index contributed by atoms with van der Waals surface area (Å²) in [6, 6.07) is 0. The highest BCUT2D eigenvalue weighted by Gasteiger charge is 2.32. The SMILES string of the molecule is CC(C)(CC(N)=O)CC(C)(C)CS(C)(=O)=O. The average Bonchev–Trinajstić information content (AvgIpc) is 1.69. The highest BCUT2D eigenvalue weighted by atomic mass is 32.2. The van der Waals surface area contributed by atoms with Gasteiger partial charge in [0.2, 0.25) is 5.91 Å². The van der Waals surface area contributed by atoms with Gasteiger partial charge < -0.3 is 5.73 Å². The van der Waals surface area contributed by atoms with Crippen molar-refractivity contribution in [1.82, 2.24) is 0 Å². The van der Waals surface area contributed by atoms with Gasteiger partial charge in [-0.2, -0.15) is 0 Å². The van der Waals surface area contributed by atoms with E-state index in [1.54, 1.807) is 0 Å². The Morgan fingerprint density at radius 3 is 1.88 bits per heavy atom. The minimum atomic E-state index is -3.00. The third-order valence-electron chi connectivity index (χ3n) is 2.26. The van der Waals surface area contributed by atoms with E-state index in [0.717, 1.165) is 0 Å². The van der Waals surface area contributed by atoms with Gasteiger partial charge in [-0.3, -0.25) is 4.79 Å². The third-order valence-corrected chi connectivity index (χ3v) is 3.57. The number of hydrogen-bond acceptors (Lipinski definition) is 3. The maximum absolute atomic E-state index is 11.3. The van der Waals surface area contributed by atoms with E-state index >= 15 is 0 Å². The minimum Gasteiger partial charge on any atom is -0.370 e. The summed E-state index contributed by atoms with van der Waals surface area (Å²) >= 11 is 0. The molecule has 1 amide bonds. The molecule has 0 atom stereocenters. The molecular weight excluding hydrogens is 226 g/mol. The molecule has 0 unspecified atom stereocenters. The maximum atomic E-state index is 11.3. The van der Waals surface area contributed by atoms with Gasteiger partial charge in [-0.15, -0.1) is 0 Å². The van der Waals surface area contributed by atoms with Crippen LogP contribution >= 0.6 is 0 Å². The summed E-state index contributed by atoms with van der Waals surface area (Å²) in [6.07, 6.45) is 2.16. The Kier molecular flexibility index (Phi) is 4.56. The van der Waals surface area contributed by atoms with E-state index in [2.05, 4.69) is 0 Å². The van der Waals surface area contributed by atoms with Crippen LogP contribution in [-0.4, -0.2) is 26.3 Å². The van der Waals surface area contributed by atoms with Crippen molar-refractivity contribution in [3.63, 3.8) is 0 Å². The highest BCUT2D eigenvalue weighted by molar-refractivity contribution is 7.90. The molecule has 5 heteroatoms. The molecule has 0 saturated carbocycles. The van der Waals surface area contributed by atoms with E-state index in [4.69, 9.17) is 5.73 Å². The van der Waals surface area contributed by atoms with Gasteiger partial charge in [0, 0.05) is 12.7 Å².